The second-order valence-electron chi connectivity index (χ2n) is 15.0. The monoisotopic (exact) mass is 830 g/mol. The zero-order valence-corrected chi connectivity index (χ0v) is 31.2. The van der Waals surface area contributed by atoms with Crippen molar-refractivity contribution in [3.8, 4) is 5.75 Å². The molecule has 6 aliphatic rings. The Labute approximate surface area is 331 Å². The normalized spacial score (nSPS) is 47.2. The fourth-order valence-corrected chi connectivity index (χ4v) is 8.27. The lowest BCUT2D eigenvalue weighted by molar-refractivity contribution is -0.364. The summed E-state index contributed by atoms with van der Waals surface area (Å²) in [5, 5.41) is 105. The highest BCUT2D eigenvalue weighted by atomic mass is 16.8. The van der Waals surface area contributed by atoms with E-state index >= 15 is 0 Å². The molecule has 58 heavy (non-hydrogen) atoms. The Bertz CT molecular complexity index is 1610. The number of fused-ring (bicyclic) bond motifs is 3. The summed E-state index contributed by atoms with van der Waals surface area (Å²) in [5.41, 5.74) is -0.697. The summed E-state index contributed by atoms with van der Waals surface area (Å²) in [6.45, 7) is -0.527. The Hall–Kier alpha value is -2.91. The van der Waals surface area contributed by atoms with Gasteiger partial charge in [-0.3, -0.25) is 0 Å². The molecule has 0 aromatic heterocycles. The summed E-state index contributed by atoms with van der Waals surface area (Å²) in [6.07, 6.45) is -21.7. The smallest absolute Gasteiger partial charge is 0.331 e. The highest BCUT2D eigenvalue weighted by Crippen LogP contribution is 2.61. The topological polar surface area (TPSA) is 315 Å². The van der Waals surface area contributed by atoms with Crippen molar-refractivity contribution in [1.29, 1.82) is 0 Å². The molecule has 7 rings (SSSR count). The van der Waals surface area contributed by atoms with Crippen molar-refractivity contribution >= 4 is 12.0 Å². The maximum absolute atomic E-state index is 13.2. The molecule has 1 aliphatic carbocycles. The van der Waals surface area contributed by atoms with E-state index in [0.717, 1.165) is 6.08 Å². The van der Waals surface area contributed by atoms with Crippen molar-refractivity contribution in [2.24, 2.45) is 11.8 Å². The van der Waals surface area contributed by atoms with Gasteiger partial charge in [-0.15, -0.1) is 0 Å². The molecule has 2 unspecified atom stereocenters. The number of aliphatic hydroxyl groups excluding tert-OH is 10. The predicted octanol–water partition coefficient (Wildman–Crippen LogP) is -4.64. The molecule has 1 aromatic rings. The standard InChI is InChI=1S/C37H50O21/c1-14-29(54-20(41)8-5-15-3-6-16(49-2)7-4-15)31(56-34-26(46)24(44)22(42)18(11-38)52-34)28(48)36(51-14)55-30-17-9-10-50-33(21(17)37(13-40)32(30)58-37)57-35-27(47)25(45)23(43)19(12-39)53-35/h3-10,14,17-19,21-36,38-40,42-48H,11-13H2,1-2H3/b8-5+/t14-,17?,18+,19+,21?,22+,23+,24-,25-,26+,27+,28+,29-,30-,31-,32-,33-,34-,35-,36-,37+/m0/s1. The third kappa shape index (κ3) is 8.01. The number of hydrogen-bond acceptors (Lipinski definition) is 21. The lowest BCUT2D eigenvalue weighted by Crippen LogP contribution is -2.65. The van der Waals surface area contributed by atoms with Gasteiger partial charge < -0.3 is 98.4 Å². The number of carbonyl (C=O) groups is 1. The maximum Gasteiger partial charge on any atom is 0.331 e. The Kier molecular flexibility index (Phi) is 13.1. The molecule has 4 saturated heterocycles. The van der Waals surface area contributed by atoms with Gasteiger partial charge in [0.25, 0.3) is 0 Å². The van der Waals surface area contributed by atoms with E-state index in [-0.39, 0.29) is 0 Å². The van der Waals surface area contributed by atoms with Gasteiger partial charge in [-0.2, -0.15) is 0 Å². The average Bonchev–Trinajstić information content (AvgIpc) is 3.90. The molecular formula is C37H50O21. The number of hydrogen-bond donors (Lipinski definition) is 10. The molecule has 0 amide bonds. The number of methoxy groups -OCH3 is 1. The summed E-state index contributed by atoms with van der Waals surface area (Å²) in [7, 11) is 1.51. The molecule has 0 bridgehead atoms. The number of esters is 1. The maximum atomic E-state index is 13.2. The van der Waals surface area contributed by atoms with Gasteiger partial charge in [0.05, 0.1) is 51.3 Å². The number of rotatable bonds is 13. The molecule has 1 aromatic carbocycles. The zero-order chi connectivity index (χ0) is 41.6. The molecule has 21 atom stereocenters. The first-order valence-electron chi connectivity index (χ1n) is 18.8. The van der Waals surface area contributed by atoms with Crippen LogP contribution in [0.5, 0.6) is 5.75 Å². The van der Waals surface area contributed by atoms with Gasteiger partial charge in [-0.1, -0.05) is 12.1 Å². The van der Waals surface area contributed by atoms with Gasteiger partial charge in [-0.25, -0.2) is 4.79 Å². The SMILES string of the molecule is COc1ccc(/C=C/C(=O)O[C@@H]2[C@@H](O[C@@H]3O[C@H](CO)[C@@H](O)[C@H](O)[C@H]3O)[C@@H](O)[C@H](O[C@H]3C4C=CO[C@@H](O[C@@H]5O[C@H](CO)[C@@H](O)[C@H](O)[C@H]5O)C4[C@@]4(CO)O[C@@H]34)O[C@H]2C)cc1. The van der Waals surface area contributed by atoms with Crippen molar-refractivity contribution in [1.82, 2.24) is 0 Å². The quantitative estimate of drug-likeness (QED) is 0.0508. The van der Waals surface area contributed by atoms with E-state index in [4.69, 9.17) is 47.4 Å². The lowest BCUT2D eigenvalue weighted by atomic mass is 9.85. The number of epoxide rings is 1. The molecule has 21 heteroatoms. The molecule has 10 N–H and O–H groups in total. The Morgan fingerprint density at radius 2 is 1.31 bits per heavy atom. The van der Waals surface area contributed by atoms with E-state index in [1.54, 1.807) is 30.3 Å². The second-order valence-corrected chi connectivity index (χ2v) is 15.0. The van der Waals surface area contributed by atoms with E-state index < -0.39 is 154 Å². The molecule has 5 aliphatic heterocycles. The summed E-state index contributed by atoms with van der Waals surface area (Å²) >= 11 is 0. The first-order valence-corrected chi connectivity index (χ1v) is 18.8. The zero-order valence-electron chi connectivity index (χ0n) is 31.2. The van der Waals surface area contributed by atoms with Crippen molar-refractivity contribution < 1.29 is 103 Å². The minimum absolute atomic E-state index is 0.556. The fourth-order valence-electron chi connectivity index (χ4n) is 8.27. The van der Waals surface area contributed by atoms with Crippen LogP contribution in [0.3, 0.4) is 0 Å². The Morgan fingerprint density at radius 3 is 1.90 bits per heavy atom. The van der Waals surface area contributed by atoms with Crippen molar-refractivity contribution in [3.63, 3.8) is 0 Å². The predicted molar refractivity (Wildman–Crippen MR) is 186 cm³/mol. The highest BCUT2D eigenvalue weighted by molar-refractivity contribution is 5.87. The van der Waals surface area contributed by atoms with Gasteiger partial charge in [0.15, 0.2) is 25.0 Å². The van der Waals surface area contributed by atoms with E-state index in [1.165, 1.54) is 26.4 Å². The van der Waals surface area contributed by atoms with Crippen LogP contribution >= 0.6 is 0 Å². The van der Waals surface area contributed by atoms with E-state index in [0.29, 0.717) is 11.3 Å². The Morgan fingerprint density at radius 1 is 0.724 bits per heavy atom. The van der Waals surface area contributed by atoms with Crippen molar-refractivity contribution in [2.45, 2.75) is 123 Å². The summed E-state index contributed by atoms with van der Waals surface area (Å²) in [5.74, 6) is -1.80. The van der Waals surface area contributed by atoms with Gasteiger partial charge in [-0.05, 0) is 36.8 Å². The number of benzene rings is 1. The van der Waals surface area contributed by atoms with E-state index in [2.05, 4.69) is 0 Å². The largest absolute Gasteiger partial charge is 0.497 e. The van der Waals surface area contributed by atoms with Crippen molar-refractivity contribution in [3.05, 3.63) is 48.2 Å². The minimum atomic E-state index is -1.89. The summed E-state index contributed by atoms with van der Waals surface area (Å²) < 4.78 is 58.0. The summed E-state index contributed by atoms with van der Waals surface area (Å²) in [6, 6.07) is 6.78. The van der Waals surface area contributed by atoms with Crippen molar-refractivity contribution in [2.75, 3.05) is 26.9 Å². The van der Waals surface area contributed by atoms with E-state index in [1.807, 2.05) is 0 Å². The van der Waals surface area contributed by atoms with Gasteiger partial charge in [0.2, 0.25) is 6.29 Å². The van der Waals surface area contributed by atoms with Crippen LogP contribution in [0.1, 0.15) is 12.5 Å². The van der Waals surface area contributed by atoms with E-state index in [9.17, 15) is 55.9 Å². The van der Waals surface area contributed by atoms with Gasteiger partial charge in [0, 0.05) is 12.0 Å². The van der Waals surface area contributed by atoms with Crippen LogP contribution in [-0.4, -0.2) is 200 Å². The molecular weight excluding hydrogens is 780 g/mol. The second kappa shape index (κ2) is 17.6. The Balaban J connectivity index is 1.10. The van der Waals surface area contributed by atoms with Crippen LogP contribution < -0.4 is 4.74 Å². The minimum Gasteiger partial charge on any atom is -0.497 e. The number of carbonyl (C=O) groups excluding carboxylic acids is 1. The number of aliphatic hydroxyl groups is 10. The van der Waals surface area contributed by atoms with Crippen LogP contribution in [0.4, 0.5) is 0 Å². The first kappa shape index (κ1) is 43.2. The molecule has 5 heterocycles. The van der Waals surface area contributed by atoms with Crippen LogP contribution in [0.25, 0.3) is 6.08 Å². The molecule has 324 valence electrons. The molecule has 0 spiro atoms. The molecule has 0 radical (unpaired) electrons. The fraction of sp³-hybridized carbons (Fsp3) is 0.703. The highest BCUT2D eigenvalue weighted by Gasteiger charge is 2.77. The first-order chi connectivity index (χ1) is 27.8. The van der Waals surface area contributed by atoms with Crippen LogP contribution in [0.2, 0.25) is 0 Å². The summed E-state index contributed by atoms with van der Waals surface area (Å²) in [4.78, 5) is 13.2. The van der Waals surface area contributed by atoms with Crippen LogP contribution in [0, 0.1) is 11.8 Å². The third-order valence-corrected chi connectivity index (χ3v) is 11.6. The molecule has 5 fully saturated rings. The van der Waals surface area contributed by atoms with Gasteiger partial charge >= 0.3 is 5.97 Å². The van der Waals surface area contributed by atoms with Crippen LogP contribution in [-0.2, 0) is 47.4 Å². The lowest BCUT2D eigenvalue weighted by Gasteiger charge is -2.47. The molecule has 1 saturated carbocycles. The average molecular weight is 831 g/mol. The van der Waals surface area contributed by atoms with Crippen LogP contribution in [0.15, 0.2) is 42.7 Å². The molecule has 21 nitrogen and oxygen atoms in total. The van der Waals surface area contributed by atoms with Gasteiger partial charge in [0.1, 0.15) is 78.5 Å². The number of ether oxygens (including phenoxy) is 10. The third-order valence-electron chi connectivity index (χ3n) is 11.6.